The highest BCUT2D eigenvalue weighted by Crippen LogP contribution is 2.31. The summed E-state index contributed by atoms with van der Waals surface area (Å²) in [6, 6.07) is 0. The van der Waals surface area contributed by atoms with Gasteiger partial charge in [-0.3, -0.25) is 0 Å². The van der Waals surface area contributed by atoms with E-state index < -0.39 is 5.97 Å². The van der Waals surface area contributed by atoms with Crippen LogP contribution in [0.15, 0.2) is 6.20 Å². The molecule has 24 heavy (non-hydrogen) atoms. The third-order valence-corrected chi connectivity index (χ3v) is 3.55. The monoisotopic (exact) mass is 335 g/mol. The van der Waals surface area contributed by atoms with Crippen LogP contribution in [0.3, 0.4) is 0 Å². The first kappa shape index (κ1) is 18.2. The number of nitrogens with zero attached hydrogens (tertiary/aromatic N) is 3. The van der Waals surface area contributed by atoms with Crippen LogP contribution in [0.2, 0.25) is 0 Å². The predicted molar refractivity (Wildman–Crippen MR) is 90.5 cm³/mol. The molecule has 0 aliphatic heterocycles. The molecule has 0 atom stereocenters. The zero-order chi connectivity index (χ0) is 17.5. The first-order chi connectivity index (χ1) is 11.6. The SMILES string of the molecule is CCOCCCn1ncc2c(OCC)c(C(=O)OCC)c(C)nc21. The van der Waals surface area contributed by atoms with Crippen LogP contribution in [0.5, 0.6) is 5.75 Å². The molecule has 2 rings (SSSR count). The quantitative estimate of drug-likeness (QED) is 0.518. The summed E-state index contributed by atoms with van der Waals surface area (Å²) in [6.07, 6.45) is 2.53. The number of aryl methyl sites for hydroxylation is 2. The van der Waals surface area contributed by atoms with Gasteiger partial charge >= 0.3 is 5.97 Å². The number of carbonyl (C=O) groups is 1. The van der Waals surface area contributed by atoms with Crippen molar-refractivity contribution in [3.63, 3.8) is 0 Å². The molecule has 0 spiro atoms. The van der Waals surface area contributed by atoms with Gasteiger partial charge in [-0.15, -0.1) is 0 Å². The average Bonchev–Trinajstić information content (AvgIpc) is 2.95. The number of hydrogen-bond acceptors (Lipinski definition) is 6. The Balaban J connectivity index is 2.41. The fraction of sp³-hybridized carbons (Fsp3) is 0.588. The number of carbonyl (C=O) groups excluding carboxylic acids is 1. The number of ether oxygens (including phenoxy) is 3. The highest BCUT2D eigenvalue weighted by atomic mass is 16.5. The summed E-state index contributed by atoms with van der Waals surface area (Å²) < 4.78 is 18.1. The Kier molecular flexibility index (Phi) is 6.54. The minimum absolute atomic E-state index is 0.304. The van der Waals surface area contributed by atoms with Crippen molar-refractivity contribution in [2.24, 2.45) is 0 Å². The fourth-order valence-electron chi connectivity index (χ4n) is 2.53. The highest BCUT2D eigenvalue weighted by molar-refractivity contribution is 6.00. The minimum atomic E-state index is -0.419. The van der Waals surface area contributed by atoms with Crippen molar-refractivity contribution in [1.29, 1.82) is 0 Å². The van der Waals surface area contributed by atoms with E-state index in [9.17, 15) is 4.79 Å². The van der Waals surface area contributed by atoms with Gasteiger partial charge in [0.2, 0.25) is 0 Å². The van der Waals surface area contributed by atoms with Crippen LogP contribution < -0.4 is 4.74 Å². The van der Waals surface area contributed by atoms with Gasteiger partial charge in [-0.1, -0.05) is 0 Å². The van der Waals surface area contributed by atoms with Gasteiger partial charge in [-0.25, -0.2) is 14.5 Å². The molecule has 0 bridgehead atoms. The number of fused-ring (bicyclic) bond motifs is 1. The minimum Gasteiger partial charge on any atom is -0.492 e. The molecule has 0 radical (unpaired) electrons. The van der Waals surface area contributed by atoms with E-state index in [1.54, 1.807) is 20.0 Å². The lowest BCUT2D eigenvalue weighted by Crippen LogP contribution is -2.12. The molecule has 2 aromatic heterocycles. The molecule has 0 aliphatic rings. The van der Waals surface area contributed by atoms with E-state index in [4.69, 9.17) is 14.2 Å². The van der Waals surface area contributed by atoms with Crippen LogP contribution in [0, 0.1) is 6.92 Å². The van der Waals surface area contributed by atoms with Crippen LogP contribution in [0.25, 0.3) is 11.0 Å². The summed E-state index contributed by atoms with van der Waals surface area (Å²) in [5.74, 6) is 0.0754. The van der Waals surface area contributed by atoms with Gasteiger partial charge in [0.15, 0.2) is 5.65 Å². The van der Waals surface area contributed by atoms with Gasteiger partial charge in [-0.05, 0) is 34.1 Å². The fourth-order valence-corrected chi connectivity index (χ4v) is 2.53. The molecule has 132 valence electrons. The molecule has 0 aliphatic carbocycles. The van der Waals surface area contributed by atoms with Crippen LogP contribution >= 0.6 is 0 Å². The zero-order valence-corrected chi connectivity index (χ0v) is 14.8. The smallest absolute Gasteiger partial charge is 0.343 e. The third-order valence-electron chi connectivity index (χ3n) is 3.55. The Morgan fingerprint density at radius 3 is 2.67 bits per heavy atom. The van der Waals surface area contributed by atoms with Gasteiger partial charge in [-0.2, -0.15) is 5.10 Å². The van der Waals surface area contributed by atoms with Crippen molar-refractivity contribution in [3.05, 3.63) is 17.5 Å². The number of esters is 1. The summed E-state index contributed by atoms with van der Waals surface area (Å²) in [7, 11) is 0. The lowest BCUT2D eigenvalue weighted by molar-refractivity contribution is 0.0521. The molecule has 0 N–H and O–H groups in total. The van der Waals surface area contributed by atoms with Gasteiger partial charge in [0.25, 0.3) is 0 Å². The van der Waals surface area contributed by atoms with Crippen molar-refractivity contribution in [1.82, 2.24) is 14.8 Å². The predicted octanol–water partition coefficient (Wildman–Crippen LogP) is 2.74. The van der Waals surface area contributed by atoms with Crippen LogP contribution in [-0.4, -0.2) is 47.2 Å². The average molecular weight is 335 g/mol. The van der Waals surface area contributed by atoms with E-state index >= 15 is 0 Å². The summed E-state index contributed by atoms with van der Waals surface area (Å²) >= 11 is 0. The molecule has 0 aromatic carbocycles. The largest absolute Gasteiger partial charge is 0.492 e. The second-order valence-electron chi connectivity index (χ2n) is 5.21. The van der Waals surface area contributed by atoms with E-state index in [0.717, 1.165) is 11.8 Å². The molecular formula is C17H25N3O4. The normalized spacial score (nSPS) is 11.0. The maximum absolute atomic E-state index is 12.3. The lowest BCUT2D eigenvalue weighted by Gasteiger charge is -2.13. The second kappa shape index (κ2) is 8.63. The number of aromatic nitrogens is 3. The lowest BCUT2D eigenvalue weighted by atomic mass is 10.1. The number of pyridine rings is 1. The van der Waals surface area contributed by atoms with Crippen molar-refractivity contribution >= 4 is 17.0 Å². The standard InChI is InChI=1S/C17H25N3O4/c1-5-22-10-8-9-20-16-13(11-18-20)15(23-6-2)14(12(4)19-16)17(21)24-7-3/h11H,5-10H2,1-4H3. The Bertz CT molecular complexity index is 697. The van der Waals surface area contributed by atoms with Gasteiger partial charge in [0.1, 0.15) is 11.3 Å². The first-order valence-electron chi connectivity index (χ1n) is 8.37. The zero-order valence-electron chi connectivity index (χ0n) is 14.8. The van der Waals surface area contributed by atoms with Crippen LogP contribution in [-0.2, 0) is 16.0 Å². The van der Waals surface area contributed by atoms with Crippen molar-refractivity contribution in [2.75, 3.05) is 26.4 Å². The number of rotatable bonds is 9. The Morgan fingerprint density at radius 1 is 1.21 bits per heavy atom. The third kappa shape index (κ3) is 3.84. The molecule has 0 fully saturated rings. The van der Waals surface area contributed by atoms with Gasteiger partial charge in [0.05, 0.1) is 30.5 Å². The summed E-state index contributed by atoms with van der Waals surface area (Å²) in [6.45, 7) is 10.2. The Morgan fingerprint density at radius 2 is 2.00 bits per heavy atom. The first-order valence-corrected chi connectivity index (χ1v) is 8.37. The van der Waals surface area contributed by atoms with E-state index in [2.05, 4.69) is 10.1 Å². The molecule has 2 heterocycles. The van der Waals surface area contributed by atoms with Crippen LogP contribution in [0.4, 0.5) is 0 Å². The summed E-state index contributed by atoms with van der Waals surface area (Å²) in [5, 5.41) is 5.11. The van der Waals surface area contributed by atoms with Gasteiger partial charge in [0, 0.05) is 19.8 Å². The van der Waals surface area contributed by atoms with Crippen molar-refractivity contribution in [2.45, 2.75) is 40.7 Å². The Hall–Kier alpha value is -2.15. The number of hydrogen-bond donors (Lipinski definition) is 0. The highest BCUT2D eigenvalue weighted by Gasteiger charge is 2.23. The maximum Gasteiger partial charge on any atom is 0.343 e. The van der Waals surface area contributed by atoms with E-state index in [1.807, 2.05) is 18.5 Å². The molecule has 0 amide bonds. The van der Waals surface area contributed by atoms with Crippen LogP contribution in [0.1, 0.15) is 43.2 Å². The molecule has 2 aromatic rings. The van der Waals surface area contributed by atoms with Gasteiger partial charge < -0.3 is 14.2 Å². The van der Waals surface area contributed by atoms with Crippen molar-refractivity contribution in [3.8, 4) is 5.75 Å². The molecule has 7 nitrogen and oxygen atoms in total. The van der Waals surface area contributed by atoms with Crippen molar-refractivity contribution < 1.29 is 19.0 Å². The second-order valence-corrected chi connectivity index (χ2v) is 5.21. The maximum atomic E-state index is 12.3. The molecule has 0 unspecified atom stereocenters. The van der Waals surface area contributed by atoms with E-state index in [1.165, 1.54) is 0 Å². The van der Waals surface area contributed by atoms with E-state index in [-0.39, 0.29) is 0 Å². The summed E-state index contributed by atoms with van der Waals surface area (Å²) in [5.41, 5.74) is 1.66. The molecular weight excluding hydrogens is 310 g/mol. The topological polar surface area (TPSA) is 75.5 Å². The Labute approximate surface area is 141 Å². The molecule has 0 saturated heterocycles. The van der Waals surface area contributed by atoms with E-state index in [0.29, 0.717) is 55.6 Å². The summed E-state index contributed by atoms with van der Waals surface area (Å²) in [4.78, 5) is 16.8. The molecule has 0 saturated carbocycles. The molecule has 7 heteroatoms.